The molecule has 0 bridgehead atoms. The van der Waals surface area contributed by atoms with E-state index in [2.05, 4.69) is 15.1 Å². The fraction of sp³-hybridized carbons (Fsp3) is 0.381. The van der Waals surface area contributed by atoms with E-state index < -0.39 is 5.92 Å². The molecule has 2 aliphatic carbocycles. The molecule has 3 aromatic rings. The molecular weight excluding hydrogens is 380 g/mol. The minimum Gasteiger partial charge on any atom is -0.473 e. The van der Waals surface area contributed by atoms with Crippen molar-refractivity contribution in [2.24, 2.45) is 0 Å². The average molecular weight is 399 g/mol. The number of aromatic amines is 1. The summed E-state index contributed by atoms with van der Waals surface area (Å²) in [4.78, 5) is 19.5. The van der Waals surface area contributed by atoms with E-state index >= 15 is 0 Å². The number of alkyl halides is 2. The van der Waals surface area contributed by atoms with Crippen LogP contribution in [0, 0.1) is 0 Å². The van der Waals surface area contributed by atoms with Crippen molar-refractivity contribution in [2.75, 3.05) is 0 Å². The predicted octanol–water partition coefficient (Wildman–Crippen LogP) is 4.26. The maximum absolute atomic E-state index is 13.0. The van der Waals surface area contributed by atoms with Crippen LogP contribution in [-0.4, -0.2) is 27.2 Å². The van der Waals surface area contributed by atoms with Gasteiger partial charge in [-0.3, -0.25) is 4.79 Å². The molecule has 1 aromatic carbocycles. The molecule has 0 aliphatic heterocycles. The predicted molar refractivity (Wildman–Crippen MR) is 100 cm³/mol. The molecule has 0 radical (unpaired) electrons. The van der Waals surface area contributed by atoms with Crippen LogP contribution in [-0.2, 0) is 0 Å². The molecule has 2 heterocycles. The normalized spacial score (nSPS) is 23.2. The first kappa shape index (κ1) is 18.0. The lowest BCUT2D eigenvalue weighted by atomic mass is 9.74. The van der Waals surface area contributed by atoms with Crippen LogP contribution in [0.25, 0.3) is 11.5 Å². The fourth-order valence-electron chi connectivity index (χ4n) is 3.96. The second kappa shape index (κ2) is 6.79. The second-order valence-electron chi connectivity index (χ2n) is 7.85. The summed E-state index contributed by atoms with van der Waals surface area (Å²) in [5, 5.41) is 2.21. The summed E-state index contributed by atoms with van der Waals surface area (Å²) in [5.74, 6) is -1.35. The van der Waals surface area contributed by atoms with E-state index in [1.807, 2.05) is 24.3 Å². The van der Waals surface area contributed by atoms with E-state index in [4.69, 9.17) is 9.26 Å². The molecule has 2 aliphatic rings. The standard InChI is InChI=1S/C21H19F2N3O3/c22-21(23)8-15(9-21)13-3-1-12(2-4-13)14-5-16(6-14)28-20-11-24-17(10-25-20)18-7-19(27)26-29-18/h1-4,7,10-11,14-16H,5-6,8-9H2,(H,26,27). The number of hydrogen-bond acceptors (Lipinski definition) is 5. The smallest absolute Gasteiger partial charge is 0.280 e. The third-order valence-electron chi connectivity index (χ3n) is 5.76. The zero-order valence-corrected chi connectivity index (χ0v) is 15.5. The summed E-state index contributed by atoms with van der Waals surface area (Å²) in [6, 6.07) is 9.36. The Hall–Kier alpha value is -3.03. The maximum Gasteiger partial charge on any atom is 0.280 e. The number of H-pyrrole nitrogens is 1. The van der Waals surface area contributed by atoms with Crippen molar-refractivity contribution in [1.82, 2.24) is 15.1 Å². The Morgan fingerprint density at radius 2 is 1.72 bits per heavy atom. The monoisotopic (exact) mass is 399 g/mol. The number of hydrogen-bond donors (Lipinski definition) is 1. The van der Waals surface area contributed by atoms with Crippen LogP contribution in [0.4, 0.5) is 8.78 Å². The second-order valence-corrected chi connectivity index (χ2v) is 7.85. The van der Waals surface area contributed by atoms with Gasteiger partial charge in [-0.05, 0) is 35.8 Å². The van der Waals surface area contributed by atoms with E-state index in [0.717, 1.165) is 18.4 Å². The van der Waals surface area contributed by atoms with Crippen LogP contribution in [0.1, 0.15) is 48.6 Å². The Bertz CT molecular complexity index is 1050. The highest BCUT2D eigenvalue weighted by Crippen LogP contribution is 2.48. The summed E-state index contributed by atoms with van der Waals surface area (Å²) >= 11 is 0. The SMILES string of the molecule is O=c1cc(-c2cnc(OC3CC(c4ccc(C5CC(F)(F)C5)cc4)C3)cn2)o[nH]1. The van der Waals surface area contributed by atoms with E-state index in [1.54, 1.807) is 0 Å². The third kappa shape index (κ3) is 3.66. The van der Waals surface area contributed by atoms with Gasteiger partial charge in [0, 0.05) is 12.8 Å². The van der Waals surface area contributed by atoms with Gasteiger partial charge in [-0.15, -0.1) is 0 Å². The van der Waals surface area contributed by atoms with Crippen LogP contribution >= 0.6 is 0 Å². The number of nitrogens with one attached hydrogen (secondary N) is 1. The largest absolute Gasteiger partial charge is 0.473 e. The number of benzene rings is 1. The first-order chi connectivity index (χ1) is 13.9. The summed E-state index contributed by atoms with van der Waals surface area (Å²) in [6.45, 7) is 0. The third-order valence-corrected chi connectivity index (χ3v) is 5.76. The first-order valence-corrected chi connectivity index (χ1v) is 9.60. The zero-order valence-electron chi connectivity index (χ0n) is 15.5. The van der Waals surface area contributed by atoms with Crippen LogP contribution in [0.3, 0.4) is 0 Å². The van der Waals surface area contributed by atoms with Gasteiger partial charge in [0.05, 0.1) is 18.5 Å². The van der Waals surface area contributed by atoms with Gasteiger partial charge in [0.2, 0.25) is 11.8 Å². The Kier molecular flexibility index (Phi) is 4.22. The molecule has 8 heteroatoms. The molecule has 29 heavy (non-hydrogen) atoms. The number of nitrogens with zero attached hydrogens (tertiary/aromatic N) is 2. The number of halogens is 2. The van der Waals surface area contributed by atoms with Gasteiger partial charge in [-0.25, -0.2) is 18.7 Å². The molecule has 5 rings (SSSR count). The molecule has 2 fully saturated rings. The highest BCUT2D eigenvalue weighted by atomic mass is 19.3. The Morgan fingerprint density at radius 3 is 2.28 bits per heavy atom. The summed E-state index contributed by atoms with van der Waals surface area (Å²) in [7, 11) is 0. The van der Waals surface area contributed by atoms with E-state index in [0.29, 0.717) is 23.3 Å². The molecule has 0 unspecified atom stereocenters. The van der Waals surface area contributed by atoms with Gasteiger partial charge >= 0.3 is 0 Å². The van der Waals surface area contributed by atoms with Crippen molar-refractivity contribution in [3.05, 3.63) is 64.2 Å². The highest BCUT2D eigenvalue weighted by Gasteiger charge is 2.45. The van der Waals surface area contributed by atoms with Gasteiger partial charge in [-0.1, -0.05) is 24.3 Å². The van der Waals surface area contributed by atoms with Crippen molar-refractivity contribution in [2.45, 2.75) is 49.5 Å². The summed E-state index contributed by atoms with van der Waals surface area (Å²) in [5.41, 5.74) is 2.33. The molecule has 0 spiro atoms. The van der Waals surface area contributed by atoms with E-state index in [-0.39, 0.29) is 30.4 Å². The van der Waals surface area contributed by atoms with Crippen LogP contribution < -0.4 is 10.3 Å². The number of aromatic nitrogens is 3. The van der Waals surface area contributed by atoms with Gasteiger partial charge in [-0.2, -0.15) is 5.16 Å². The Balaban J connectivity index is 1.14. The molecule has 0 atom stereocenters. The Labute approximate surface area is 164 Å². The average Bonchev–Trinajstić information content (AvgIpc) is 3.09. The van der Waals surface area contributed by atoms with Gasteiger partial charge in [0.25, 0.3) is 5.56 Å². The van der Waals surface area contributed by atoms with Crippen molar-refractivity contribution in [1.29, 1.82) is 0 Å². The molecule has 2 saturated carbocycles. The summed E-state index contributed by atoms with van der Waals surface area (Å²) in [6.07, 6.45) is 4.74. The molecule has 150 valence electrons. The lowest BCUT2D eigenvalue weighted by Gasteiger charge is -2.37. The highest BCUT2D eigenvalue weighted by molar-refractivity contribution is 5.49. The van der Waals surface area contributed by atoms with Crippen molar-refractivity contribution >= 4 is 0 Å². The van der Waals surface area contributed by atoms with Crippen molar-refractivity contribution in [3.8, 4) is 17.3 Å². The minimum atomic E-state index is -2.49. The van der Waals surface area contributed by atoms with E-state index in [1.165, 1.54) is 24.0 Å². The first-order valence-electron chi connectivity index (χ1n) is 9.60. The number of ether oxygens (including phenoxy) is 1. The van der Waals surface area contributed by atoms with Crippen molar-refractivity contribution < 1.29 is 18.0 Å². The van der Waals surface area contributed by atoms with Gasteiger partial charge in [0.1, 0.15) is 11.8 Å². The topological polar surface area (TPSA) is 81.0 Å². The minimum absolute atomic E-state index is 0.0163. The fourth-order valence-corrected chi connectivity index (χ4v) is 3.96. The molecular formula is C21H19F2N3O3. The quantitative estimate of drug-likeness (QED) is 0.693. The Morgan fingerprint density at radius 1 is 1.03 bits per heavy atom. The van der Waals surface area contributed by atoms with E-state index in [9.17, 15) is 13.6 Å². The molecule has 6 nitrogen and oxygen atoms in total. The van der Waals surface area contributed by atoms with Crippen LogP contribution in [0.5, 0.6) is 5.88 Å². The zero-order chi connectivity index (χ0) is 20.0. The molecule has 0 amide bonds. The summed E-state index contributed by atoms with van der Waals surface area (Å²) < 4.78 is 36.9. The van der Waals surface area contributed by atoms with Gasteiger partial charge < -0.3 is 9.26 Å². The lowest BCUT2D eigenvalue weighted by Crippen LogP contribution is -2.34. The number of rotatable bonds is 5. The lowest BCUT2D eigenvalue weighted by molar-refractivity contribution is -0.0867. The molecule has 2 aromatic heterocycles. The molecule has 1 N–H and O–H groups in total. The van der Waals surface area contributed by atoms with Crippen molar-refractivity contribution in [3.63, 3.8) is 0 Å². The van der Waals surface area contributed by atoms with Crippen LogP contribution in [0.15, 0.2) is 52.0 Å². The van der Waals surface area contributed by atoms with Crippen LogP contribution in [0.2, 0.25) is 0 Å². The van der Waals surface area contributed by atoms with Gasteiger partial charge in [0.15, 0.2) is 5.76 Å². The maximum atomic E-state index is 13.0. The molecule has 0 saturated heterocycles.